The van der Waals surface area contributed by atoms with Crippen molar-refractivity contribution in [1.82, 2.24) is 19.9 Å². The summed E-state index contributed by atoms with van der Waals surface area (Å²) in [5.74, 6) is 0.0358. The van der Waals surface area contributed by atoms with Crippen LogP contribution in [0.1, 0.15) is 5.56 Å². The fourth-order valence-electron chi connectivity index (χ4n) is 3.67. The van der Waals surface area contributed by atoms with Gasteiger partial charge in [-0.2, -0.15) is 13.2 Å². The second kappa shape index (κ2) is 7.99. The quantitative estimate of drug-likeness (QED) is 0.580. The molecular weight excluding hydrogens is 415 g/mol. The number of halogens is 3. The van der Waals surface area contributed by atoms with Crippen molar-refractivity contribution in [2.24, 2.45) is 5.92 Å². The number of aliphatic hydroxyl groups is 1. The molecule has 0 bridgehead atoms. The summed E-state index contributed by atoms with van der Waals surface area (Å²) in [6.07, 6.45) is -1.08. The monoisotopic (exact) mass is 433 g/mol. The van der Waals surface area contributed by atoms with Gasteiger partial charge in [0.2, 0.25) is 0 Å². The number of hydrogen-bond acceptors (Lipinski definition) is 6. The lowest BCUT2D eigenvalue weighted by atomic mass is 10.0. The van der Waals surface area contributed by atoms with Crippen LogP contribution in [0.25, 0.3) is 22.2 Å². The van der Waals surface area contributed by atoms with Crippen LogP contribution in [0.3, 0.4) is 0 Å². The normalized spacial score (nSPS) is 19.0. The summed E-state index contributed by atoms with van der Waals surface area (Å²) in [4.78, 5) is 25.5. The molecular formula is C20H18F3N5O3. The van der Waals surface area contributed by atoms with Crippen molar-refractivity contribution in [3.8, 4) is 11.1 Å². The molecule has 11 heteroatoms. The van der Waals surface area contributed by atoms with Crippen LogP contribution in [0.15, 0.2) is 42.9 Å². The Kier molecular flexibility index (Phi) is 5.36. The zero-order chi connectivity index (χ0) is 22.2. The fraction of sp³-hybridized carbons (Fsp3) is 0.300. The van der Waals surface area contributed by atoms with Crippen molar-refractivity contribution in [1.29, 1.82) is 0 Å². The number of anilines is 1. The molecule has 2 atom stereocenters. The van der Waals surface area contributed by atoms with Crippen LogP contribution in [0.4, 0.5) is 23.8 Å². The number of nitrogens with zero attached hydrogens (tertiary/aromatic N) is 4. The van der Waals surface area contributed by atoms with E-state index in [4.69, 9.17) is 0 Å². The van der Waals surface area contributed by atoms with E-state index >= 15 is 0 Å². The number of rotatable bonds is 4. The molecule has 0 unspecified atom stereocenters. The maximum absolute atomic E-state index is 12.9. The first-order chi connectivity index (χ1) is 14.8. The van der Waals surface area contributed by atoms with Gasteiger partial charge in [-0.05, 0) is 17.7 Å². The Labute approximate surface area is 174 Å². The maximum Gasteiger partial charge on any atom is 0.416 e. The minimum absolute atomic E-state index is 0.171. The van der Waals surface area contributed by atoms with E-state index in [9.17, 15) is 28.2 Å². The van der Waals surface area contributed by atoms with E-state index in [-0.39, 0.29) is 31.7 Å². The van der Waals surface area contributed by atoms with Gasteiger partial charge in [-0.15, -0.1) is 0 Å². The third-order valence-electron chi connectivity index (χ3n) is 5.29. The third-order valence-corrected chi connectivity index (χ3v) is 5.29. The van der Waals surface area contributed by atoms with Crippen molar-refractivity contribution in [3.63, 3.8) is 0 Å². The summed E-state index contributed by atoms with van der Waals surface area (Å²) in [6.45, 7) is 0.163. The van der Waals surface area contributed by atoms with Gasteiger partial charge in [-0.25, -0.2) is 14.8 Å². The first-order valence-electron chi connectivity index (χ1n) is 9.40. The summed E-state index contributed by atoms with van der Waals surface area (Å²) >= 11 is 0. The van der Waals surface area contributed by atoms with Gasteiger partial charge in [0.1, 0.15) is 11.0 Å². The molecule has 1 aromatic carbocycles. The molecule has 3 heterocycles. The molecule has 1 fully saturated rings. The summed E-state index contributed by atoms with van der Waals surface area (Å²) in [7, 11) is 0. The molecule has 0 saturated carbocycles. The van der Waals surface area contributed by atoms with Gasteiger partial charge in [-0.3, -0.25) is 4.98 Å². The Morgan fingerprint density at radius 3 is 2.39 bits per heavy atom. The number of aromatic nitrogens is 3. The van der Waals surface area contributed by atoms with Crippen molar-refractivity contribution in [2.45, 2.75) is 12.2 Å². The van der Waals surface area contributed by atoms with Gasteiger partial charge in [0.15, 0.2) is 5.82 Å². The number of amides is 1. The van der Waals surface area contributed by atoms with Crippen LogP contribution < -0.4 is 5.32 Å². The van der Waals surface area contributed by atoms with Crippen LogP contribution >= 0.6 is 0 Å². The summed E-state index contributed by atoms with van der Waals surface area (Å²) in [5.41, 5.74) is 1.10. The molecule has 0 radical (unpaired) electrons. The lowest BCUT2D eigenvalue weighted by molar-refractivity contribution is -0.137. The second-order valence-corrected chi connectivity index (χ2v) is 7.23. The number of alkyl halides is 3. The molecule has 0 spiro atoms. The zero-order valence-corrected chi connectivity index (χ0v) is 16.0. The number of pyridine rings is 1. The minimum Gasteiger partial charge on any atom is -0.465 e. The molecule has 1 amide bonds. The van der Waals surface area contributed by atoms with Crippen molar-refractivity contribution in [2.75, 3.05) is 25.0 Å². The molecule has 8 nitrogen and oxygen atoms in total. The fourth-order valence-corrected chi connectivity index (χ4v) is 3.67. The van der Waals surface area contributed by atoms with E-state index in [1.807, 2.05) is 0 Å². The SMILES string of the molecule is O=C(O)N1C[C@@H](CO)[C@H](Nc2ncc(-c3ccc(C(F)(F)F)cc3)c3nccnc23)C1. The van der Waals surface area contributed by atoms with Gasteiger partial charge >= 0.3 is 12.3 Å². The molecule has 162 valence electrons. The Hall–Kier alpha value is -3.47. The first kappa shape index (κ1) is 20.8. The number of benzene rings is 1. The number of likely N-dealkylation sites (tertiary alicyclic amines) is 1. The van der Waals surface area contributed by atoms with E-state index < -0.39 is 17.8 Å². The van der Waals surface area contributed by atoms with Gasteiger partial charge in [-0.1, -0.05) is 12.1 Å². The highest BCUT2D eigenvalue weighted by molar-refractivity contribution is 5.96. The minimum atomic E-state index is -4.43. The number of hydrogen-bond donors (Lipinski definition) is 3. The third kappa shape index (κ3) is 4.08. The van der Waals surface area contributed by atoms with Crippen LogP contribution in [0, 0.1) is 5.92 Å². The predicted octanol–water partition coefficient (Wildman–Crippen LogP) is 3.09. The van der Waals surface area contributed by atoms with E-state index in [2.05, 4.69) is 20.3 Å². The highest BCUT2D eigenvalue weighted by atomic mass is 19.4. The van der Waals surface area contributed by atoms with Gasteiger partial charge in [0.05, 0.1) is 11.6 Å². The van der Waals surface area contributed by atoms with Crippen LogP contribution in [-0.2, 0) is 6.18 Å². The average molecular weight is 433 g/mol. The van der Waals surface area contributed by atoms with Gasteiger partial charge < -0.3 is 20.4 Å². The Morgan fingerprint density at radius 1 is 1.10 bits per heavy atom. The maximum atomic E-state index is 12.9. The van der Waals surface area contributed by atoms with Crippen molar-refractivity contribution >= 4 is 22.9 Å². The van der Waals surface area contributed by atoms with Crippen LogP contribution in [-0.4, -0.2) is 61.9 Å². The molecule has 1 aliphatic rings. The van der Waals surface area contributed by atoms with Gasteiger partial charge in [0.25, 0.3) is 0 Å². The van der Waals surface area contributed by atoms with E-state index in [0.717, 1.165) is 12.1 Å². The van der Waals surface area contributed by atoms with E-state index in [1.165, 1.54) is 35.6 Å². The number of fused-ring (bicyclic) bond motifs is 1. The number of nitrogens with one attached hydrogen (secondary N) is 1. The Morgan fingerprint density at radius 2 is 1.77 bits per heavy atom. The highest BCUT2D eigenvalue weighted by Gasteiger charge is 2.35. The molecule has 3 N–H and O–H groups in total. The smallest absolute Gasteiger partial charge is 0.416 e. The largest absolute Gasteiger partial charge is 0.465 e. The lowest BCUT2D eigenvalue weighted by Crippen LogP contribution is -2.32. The highest BCUT2D eigenvalue weighted by Crippen LogP contribution is 2.34. The van der Waals surface area contributed by atoms with Crippen molar-refractivity contribution in [3.05, 3.63) is 48.4 Å². The molecule has 31 heavy (non-hydrogen) atoms. The molecule has 4 rings (SSSR count). The summed E-state index contributed by atoms with van der Waals surface area (Å²) in [6, 6.07) is 4.31. The molecule has 1 aliphatic heterocycles. The second-order valence-electron chi connectivity index (χ2n) is 7.23. The first-order valence-corrected chi connectivity index (χ1v) is 9.40. The number of carbonyl (C=O) groups is 1. The number of carboxylic acid groups (broad SMARTS) is 1. The Bertz CT molecular complexity index is 1110. The van der Waals surface area contributed by atoms with Crippen molar-refractivity contribution < 1.29 is 28.2 Å². The molecule has 2 aromatic heterocycles. The molecule has 0 aliphatic carbocycles. The topological polar surface area (TPSA) is 111 Å². The van der Waals surface area contributed by atoms with Crippen LogP contribution in [0.2, 0.25) is 0 Å². The molecule has 1 saturated heterocycles. The lowest BCUT2D eigenvalue weighted by Gasteiger charge is -2.19. The summed E-state index contributed by atoms with van der Waals surface area (Å²) in [5, 5.41) is 22.0. The average Bonchev–Trinajstić information content (AvgIpc) is 3.17. The number of aliphatic hydroxyl groups excluding tert-OH is 1. The standard InChI is InChI=1S/C20H18F3N5O3/c21-20(22,23)13-3-1-11(2-4-13)14-7-26-18(17-16(14)24-5-6-25-17)27-15-9-28(19(30)31)8-12(15)10-29/h1-7,12,15,29H,8-10H2,(H,26,27)(H,30,31)/t12-,15+/m0/s1. The van der Waals surface area contributed by atoms with Crippen LogP contribution in [0.5, 0.6) is 0 Å². The predicted molar refractivity (Wildman–Crippen MR) is 105 cm³/mol. The summed E-state index contributed by atoms with van der Waals surface area (Å²) < 4.78 is 38.6. The zero-order valence-electron chi connectivity index (χ0n) is 16.0. The molecule has 3 aromatic rings. The van der Waals surface area contributed by atoms with E-state index in [0.29, 0.717) is 28.0 Å². The van der Waals surface area contributed by atoms with Gasteiger partial charge in [0, 0.05) is 49.8 Å². The Balaban J connectivity index is 1.68. The van der Waals surface area contributed by atoms with E-state index in [1.54, 1.807) is 0 Å².